The van der Waals surface area contributed by atoms with E-state index in [9.17, 15) is 4.79 Å². The molecule has 4 heteroatoms. The molecular formula is C21H17N3O. The Labute approximate surface area is 147 Å². The molecule has 2 amide bonds. The zero-order valence-electron chi connectivity index (χ0n) is 13.6. The van der Waals surface area contributed by atoms with E-state index < -0.39 is 0 Å². The maximum atomic E-state index is 12.6. The Bertz CT molecular complexity index is 837. The van der Waals surface area contributed by atoms with Crippen LogP contribution in [0.4, 0.5) is 4.79 Å². The minimum absolute atomic E-state index is 0.253. The van der Waals surface area contributed by atoms with Crippen molar-refractivity contribution in [2.45, 2.75) is 6.04 Å². The van der Waals surface area contributed by atoms with Gasteiger partial charge in [0.05, 0.1) is 12.1 Å². The summed E-state index contributed by atoms with van der Waals surface area (Å²) in [6.45, 7) is 3.85. The number of nitrogens with zero attached hydrogens (tertiary/aromatic N) is 2. The Hall–Kier alpha value is -3.58. The zero-order valence-corrected chi connectivity index (χ0v) is 13.6. The fraction of sp³-hybridized carbons (Fsp3) is 0.0476. The molecule has 25 heavy (non-hydrogen) atoms. The monoisotopic (exact) mass is 327 g/mol. The molecule has 0 aromatic heterocycles. The number of carbonyl (C=O) groups is 1. The van der Waals surface area contributed by atoms with Crippen LogP contribution < -0.4 is 5.32 Å². The van der Waals surface area contributed by atoms with Crippen molar-refractivity contribution in [3.63, 3.8) is 0 Å². The molecule has 1 N–H and O–H groups in total. The molecule has 0 saturated carbocycles. The average molecular weight is 327 g/mol. The summed E-state index contributed by atoms with van der Waals surface area (Å²) in [5, 5.41) is 11.5. The van der Waals surface area contributed by atoms with Crippen LogP contribution in [0.1, 0.15) is 17.2 Å². The molecule has 0 atom stereocenters. The number of hydrogen-bond acceptors (Lipinski definition) is 2. The van der Waals surface area contributed by atoms with E-state index >= 15 is 0 Å². The maximum Gasteiger partial charge on any atom is 0.326 e. The van der Waals surface area contributed by atoms with E-state index in [1.54, 1.807) is 17.2 Å². The first-order valence-corrected chi connectivity index (χ1v) is 7.87. The second-order valence-electron chi connectivity index (χ2n) is 5.59. The van der Waals surface area contributed by atoms with Crippen molar-refractivity contribution in [2.75, 3.05) is 0 Å². The number of benzene rings is 2. The summed E-state index contributed by atoms with van der Waals surface area (Å²) in [5.74, 6) is 0. The molecule has 0 aliphatic carbocycles. The average Bonchev–Trinajstić information content (AvgIpc) is 2.64. The molecule has 0 spiro atoms. The van der Waals surface area contributed by atoms with Gasteiger partial charge in [-0.2, -0.15) is 5.26 Å². The van der Waals surface area contributed by atoms with E-state index in [2.05, 4.69) is 11.9 Å². The number of nitrogens with one attached hydrogen (secondary N) is 1. The van der Waals surface area contributed by atoms with Crippen molar-refractivity contribution in [1.29, 1.82) is 5.26 Å². The minimum Gasteiger partial charge on any atom is -0.307 e. The Kier molecular flexibility index (Phi) is 4.77. The van der Waals surface area contributed by atoms with Gasteiger partial charge < -0.3 is 5.32 Å². The second kappa shape index (κ2) is 7.33. The number of hydrogen-bond donors (Lipinski definition) is 1. The summed E-state index contributed by atoms with van der Waals surface area (Å²) >= 11 is 0. The Balaban J connectivity index is 2.11. The molecule has 2 aromatic carbocycles. The molecule has 4 nitrogen and oxygen atoms in total. The van der Waals surface area contributed by atoms with Gasteiger partial charge >= 0.3 is 6.03 Å². The topological polar surface area (TPSA) is 56.1 Å². The Morgan fingerprint density at radius 2 is 1.60 bits per heavy atom. The summed E-state index contributed by atoms with van der Waals surface area (Å²) in [6, 6.07) is 21.1. The van der Waals surface area contributed by atoms with E-state index in [-0.39, 0.29) is 12.1 Å². The standard InChI is InChI=1S/C21H17N3O/c1-16-19(13-8-14-22)15-24(21(25)23-16)20(17-9-4-2-5-10-17)18-11-6-3-7-12-18/h2-13,15,20H,1H2,(H,23,25)/b13-8+. The molecule has 122 valence electrons. The summed E-state index contributed by atoms with van der Waals surface area (Å²) in [7, 11) is 0. The van der Waals surface area contributed by atoms with Crippen LogP contribution in [-0.4, -0.2) is 10.9 Å². The molecule has 1 heterocycles. The molecule has 1 aliphatic heterocycles. The van der Waals surface area contributed by atoms with Gasteiger partial charge in [0, 0.05) is 23.5 Å². The van der Waals surface area contributed by atoms with Crippen molar-refractivity contribution >= 4 is 6.03 Å². The third-order valence-corrected chi connectivity index (χ3v) is 3.97. The highest BCUT2D eigenvalue weighted by Gasteiger charge is 2.29. The largest absolute Gasteiger partial charge is 0.326 e. The van der Waals surface area contributed by atoms with Gasteiger partial charge in [0.25, 0.3) is 0 Å². The van der Waals surface area contributed by atoms with Crippen LogP contribution >= 0.6 is 0 Å². The summed E-state index contributed by atoms with van der Waals surface area (Å²) in [4.78, 5) is 14.3. The van der Waals surface area contributed by atoms with Crippen molar-refractivity contribution in [3.05, 3.63) is 108 Å². The zero-order chi connectivity index (χ0) is 17.6. The van der Waals surface area contributed by atoms with Crippen molar-refractivity contribution in [2.24, 2.45) is 0 Å². The lowest BCUT2D eigenvalue weighted by molar-refractivity contribution is 0.207. The van der Waals surface area contributed by atoms with Crippen LogP contribution in [-0.2, 0) is 0 Å². The van der Waals surface area contributed by atoms with Crippen molar-refractivity contribution in [1.82, 2.24) is 10.2 Å². The van der Waals surface area contributed by atoms with E-state index in [0.29, 0.717) is 11.3 Å². The number of amides is 2. The highest BCUT2D eigenvalue weighted by atomic mass is 16.2. The molecule has 1 aliphatic rings. The van der Waals surface area contributed by atoms with Gasteiger partial charge in [0.2, 0.25) is 0 Å². The van der Waals surface area contributed by atoms with Gasteiger partial charge in [-0.1, -0.05) is 67.2 Å². The fourth-order valence-corrected chi connectivity index (χ4v) is 2.80. The lowest BCUT2D eigenvalue weighted by atomic mass is 9.96. The third-order valence-electron chi connectivity index (χ3n) is 3.97. The van der Waals surface area contributed by atoms with Crippen LogP contribution in [0.2, 0.25) is 0 Å². The first-order chi connectivity index (χ1) is 12.2. The summed E-state index contributed by atoms with van der Waals surface area (Å²) in [5.41, 5.74) is 3.16. The van der Waals surface area contributed by atoms with Crippen LogP contribution in [0.3, 0.4) is 0 Å². The van der Waals surface area contributed by atoms with Gasteiger partial charge in [-0.25, -0.2) is 4.79 Å². The normalized spacial score (nSPS) is 14.4. The molecule has 0 radical (unpaired) electrons. The van der Waals surface area contributed by atoms with E-state index in [4.69, 9.17) is 5.26 Å². The van der Waals surface area contributed by atoms with E-state index in [1.165, 1.54) is 6.08 Å². The number of urea groups is 1. The van der Waals surface area contributed by atoms with E-state index in [1.807, 2.05) is 66.7 Å². The van der Waals surface area contributed by atoms with Crippen molar-refractivity contribution < 1.29 is 4.79 Å². The molecule has 0 unspecified atom stereocenters. The minimum atomic E-state index is -0.277. The highest BCUT2D eigenvalue weighted by molar-refractivity contribution is 5.82. The van der Waals surface area contributed by atoms with Crippen LogP contribution in [0.25, 0.3) is 0 Å². The maximum absolute atomic E-state index is 12.6. The third kappa shape index (κ3) is 3.51. The quantitative estimate of drug-likeness (QED) is 0.852. The second-order valence-corrected chi connectivity index (χ2v) is 5.59. The molecular weight excluding hydrogens is 310 g/mol. The smallest absolute Gasteiger partial charge is 0.307 e. The van der Waals surface area contributed by atoms with Crippen LogP contribution in [0.15, 0.2) is 96.9 Å². The summed E-state index contributed by atoms with van der Waals surface area (Å²) < 4.78 is 0. The number of carbonyl (C=O) groups excluding carboxylic acids is 1. The fourth-order valence-electron chi connectivity index (χ4n) is 2.80. The molecule has 0 fully saturated rings. The molecule has 3 rings (SSSR count). The van der Waals surface area contributed by atoms with Gasteiger partial charge in [-0.3, -0.25) is 4.90 Å². The first kappa shape index (κ1) is 16.3. The van der Waals surface area contributed by atoms with Gasteiger partial charge in [-0.05, 0) is 17.2 Å². The van der Waals surface area contributed by atoms with Gasteiger partial charge in [0.15, 0.2) is 0 Å². The summed E-state index contributed by atoms with van der Waals surface area (Å²) in [6.07, 6.45) is 4.74. The molecule has 0 saturated heterocycles. The molecule has 0 bridgehead atoms. The Morgan fingerprint density at radius 3 is 2.12 bits per heavy atom. The molecule has 2 aromatic rings. The number of allylic oxidation sites excluding steroid dienone is 2. The SMILES string of the molecule is C=C1NC(=O)N(C(c2ccccc2)c2ccccc2)C=C1/C=C/C#N. The number of rotatable bonds is 4. The number of nitriles is 1. The highest BCUT2D eigenvalue weighted by Crippen LogP contribution is 2.31. The van der Waals surface area contributed by atoms with E-state index in [0.717, 1.165) is 11.1 Å². The Morgan fingerprint density at radius 1 is 1.04 bits per heavy atom. The van der Waals surface area contributed by atoms with Gasteiger partial charge in [-0.15, -0.1) is 0 Å². The lowest BCUT2D eigenvalue weighted by Gasteiger charge is -2.34. The lowest BCUT2D eigenvalue weighted by Crippen LogP contribution is -2.42. The van der Waals surface area contributed by atoms with Crippen LogP contribution in [0.5, 0.6) is 0 Å². The predicted octanol–water partition coefficient (Wildman–Crippen LogP) is 4.28. The van der Waals surface area contributed by atoms with Gasteiger partial charge in [0.1, 0.15) is 0 Å². The first-order valence-electron chi connectivity index (χ1n) is 7.87. The van der Waals surface area contributed by atoms with Crippen LogP contribution in [0, 0.1) is 11.3 Å². The predicted molar refractivity (Wildman–Crippen MR) is 97.1 cm³/mol. The van der Waals surface area contributed by atoms with Crippen molar-refractivity contribution in [3.8, 4) is 6.07 Å².